The first-order valence-corrected chi connectivity index (χ1v) is 6.74. The molecule has 1 rings (SSSR count). The second-order valence-electron chi connectivity index (χ2n) is 5.20. The molecule has 1 amide bonds. The number of hydrogen-bond donors (Lipinski definition) is 0. The molecule has 0 saturated heterocycles. The molecule has 0 aromatic rings. The van der Waals surface area contributed by atoms with Crippen molar-refractivity contribution in [2.24, 2.45) is 0 Å². The van der Waals surface area contributed by atoms with Crippen LogP contribution in [0.25, 0.3) is 0 Å². The van der Waals surface area contributed by atoms with Gasteiger partial charge in [-0.2, -0.15) is 4.89 Å². The summed E-state index contributed by atoms with van der Waals surface area (Å²) in [5.74, 6) is 0.255. The minimum atomic E-state index is -0.938. The lowest BCUT2D eigenvalue weighted by Crippen LogP contribution is -2.29. The Kier molecular flexibility index (Phi) is 5.90. The van der Waals surface area contributed by atoms with Gasteiger partial charge in [-0.1, -0.05) is 6.92 Å². The summed E-state index contributed by atoms with van der Waals surface area (Å²) in [5, 5.41) is 0. The van der Waals surface area contributed by atoms with Crippen molar-refractivity contribution in [2.45, 2.75) is 39.7 Å². The predicted molar refractivity (Wildman–Crippen MR) is 73.8 cm³/mol. The number of amides is 1. The van der Waals surface area contributed by atoms with Gasteiger partial charge in [0.1, 0.15) is 5.60 Å². The van der Waals surface area contributed by atoms with Crippen molar-refractivity contribution in [3.05, 3.63) is 11.6 Å². The summed E-state index contributed by atoms with van der Waals surface area (Å²) in [4.78, 5) is 32.5. The van der Waals surface area contributed by atoms with Crippen LogP contribution < -0.4 is 0 Å². The fraction of sp³-hybridized carbons (Fsp3) is 0.643. The van der Waals surface area contributed by atoms with Gasteiger partial charge in [0.05, 0.1) is 18.8 Å². The Morgan fingerprint density at radius 2 is 2.05 bits per heavy atom. The van der Waals surface area contributed by atoms with Gasteiger partial charge < -0.3 is 9.47 Å². The molecule has 0 atom stereocenters. The molecular weight excluding hydrogens is 278 g/mol. The summed E-state index contributed by atoms with van der Waals surface area (Å²) >= 11 is 0. The first kappa shape index (κ1) is 17.2. The quantitative estimate of drug-likeness (QED) is 0.322. The average molecular weight is 300 g/mol. The summed E-state index contributed by atoms with van der Waals surface area (Å²) in [6.07, 6.45) is 1.20. The molecule has 1 aliphatic rings. The fourth-order valence-corrected chi connectivity index (χ4v) is 1.57. The van der Waals surface area contributed by atoms with Crippen molar-refractivity contribution in [2.75, 3.05) is 20.3 Å². The SMILES string of the molecule is CCC(C)(C)OOC(=O)OCC[N+]1=C(OC)C(C)=CC1=O. The molecule has 0 saturated carbocycles. The van der Waals surface area contributed by atoms with Gasteiger partial charge in [-0.15, -0.1) is 4.58 Å². The van der Waals surface area contributed by atoms with Crippen LogP contribution in [-0.4, -0.2) is 48.4 Å². The first-order valence-electron chi connectivity index (χ1n) is 6.74. The molecule has 7 nitrogen and oxygen atoms in total. The van der Waals surface area contributed by atoms with Crippen LogP contribution in [0.2, 0.25) is 0 Å². The maximum absolute atomic E-state index is 11.7. The minimum Gasteiger partial charge on any atom is -0.447 e. The van der Waals surface area contributed by atoms with Crippen molar-refractivity contribution in [1.82, 2.24) is 0 Å². The first-order chi connectivity index (χ1) is 9.80. The van der Waals surface area contributed by atoms with E-state index in [9.17, 15) is 9.59 Å². The molecule has 0 unspecified atom stereocenters. The second-order valence-corrected chi connectivity index (χ2v) is 5.20. The van der Waals surface area contributed by atoms with Crippen molar-refractivity contribution in [3.63, 3.8) is 0 Å². The summed E-state index contributed by atoms with van der Waals surface area (Å²) < 4.78 is 11.4. The van der Waals surface area contributed by atoms with E-state index in [1.54, 1.807) is 20.8 Å². The van der Waals surface area contributed by atoms with Crippen LogP contribution in [0, 0.1) is 0 Å². The molecule has 0 aliphatic carbocycles. The van der Waals surface area contributed by atoms with E-state index in [0.717, 1.165) is 5.57 Å². The highest BCUT2D eigenvalue weighted by Gasteiger charge is 2.32. The lowest BCUT2D eigenvalue weighted by Gasteiger charge is -2.19. The highest BCUT2D eigenvalue weighted by atomic mass is 17.2. The van der Waals surface area contributed by atoms with Crippen LogP contribution in [0.1, 0.15) is 34.1 Å². The lowest BCUT2D eigenvalue weighted by atomic mass is 10.1. The monoisotopic (exact) mass is 300 g/mol. The summed E-state index contributed by atoms with van der Waals surface area (Å²) in [5.41, 5.74) is 0.167. The van der Waals surface area contributed by atoms with Gasteiger partial charge in [0, 0.05) is 0 Å². The van der Waals surface area contributed by atoms with Gasteiger partial charge in [0.25, 0.3) is 0 Å². The summed E-state index contributed by atoms with van der Waals surface area (Å²) in [7, 11) is 1.48. The number of carbonyl (C=O) groups is 2. The number of ether oxygens (including phenoxy) is 2. The molecule has 0 spiro atoms. The van der Waals surface area contributed by atoms with E-state index < -0.39 is 11.8 Å². The summed E-state index contributed by atoms with van der Waals surface area (Å²) in [6, 6.07) is 0. The largest absolute Gasteiger partial charge is 0.540 e. The van der Waals surface area contributed by atoms with Crippen molar-refractivity contribution >= 4 is 18.0 Å². The highest BCUT2D eigenvalue weighted by Crippen LogP contribution is 2.14. The van der Waals surface area contributed by atoms with Crippen LogP contribution in [0.5, 0.6) is 0 Å². The van der Waals surface area contributed by atoms with Gasteiger partial charge in [0.2, 0.25) is 0 Å². The van der Waals surface area contributed by atoms with Gasteiger partial charge in [-0.25, -0.2) is 9.59 Å². The van der Waals surface area contributed by atoms with E-state index in [1.807, 2.05) is 6.92 Å². The van der Waals surface area contributed by atoms with E-state index in [1.165, 1.54) is 17.8 Å². The smallest absolute Gasteiger partial charge is 0.447 e. The van der Waals surface area contributed by atoms with E-state index in [4.69, 9.17) is 14.4 Å². The molecule has 21 heavy (non-hydrogen) atoms. The van der Waals surface area contributed by atoms with Gasteiger partial charge in [-0.05, 0) is 27.2 Å². The Hall–Kier alpha value is -1.89. The number of hydrogen-bond acceptors (Lipinski definition) is 6. The predicted octanol–water partition coefficient (Wildman–Crippen LogP) is 1.80. The molecule has 7 heteroatoms. The standard InChI is InChI=1S/C14H22NO6/c1-6-14(3,4)21-20-13(17)19-8-7-15-11(16)9-10(2)12(15)18-5/h9H,6-8H2,1-5H3/q+1. The average Bonchev–Trinajstić information content (AvgIpc) is 2.70. The molecule has 0 N–H and O–H groups in total. The maximum Gasteiger partial charge on any atom is 0.540 e. The molecule has 0 fully saturated rings. The van der Waals surface area contributed by atoms with Crippen LogP contribution in [0.4, 0.5) is 4.79 Å². The van der Waals surface area contributed by atoms with Crippen molar-refractivity contribution in [3.8, 4) is 0 Å². The van der Waals surface area contributed by atoms with Crippen LogP contribution in [0.3, 0.4) is 0 Å². The third-order valence-electron chi connectivity index (χ3n) is 3.10. The lowest BCUT2D eigenvalue weighted by molar-refractivity contribution is -0.452. The van der Waals surface area contributed by atoms with E-state index >= 15 is 0 Å². The Labute approximate surface area is 124 Å². The Balaban J connectivity index is 2.39. The Bertz CT molecular complexity index is 478. The fourth-order valence-electron chi connectivity index (χ4n) is 1.57. The zero-order chi connectivity index (χ0) is 16.0. The molecular formula is C14H22NO6+. The second kappa shape index (κ2) is 7.21. The van der Waals surface area contributed by atoms with Crippen molar-refractivity contribution in [1.29, 1.82) is 0 Å². The molecule has 0 aromatic heterocycles. The van der Waals surface area contributed by atoms with Gasteiger partial charge in [-0.3, -0.25) is 4.89 Å². The topological polar surface area (TPSA) is 74.1 Å². The van der Waals surface area contributed by atoms with Crippen LogP contribution in [0.15, 0.2) is 11.6 Å². The molecule has 118 valence electrons. The normalized spacial score (nSPS) is 15.1. The van der Waals surface area contributed by atoms with Gasteiger partial charge >= 0.3 is 18.0 Å². The Morgan fingerprint density at radius 1 is 1.38 bits per heavy atom. The zero-order valence-electron chi connectivity index (χ0n) is 13.1. The van der Waals surface area contributed by atoms with E-state index in [-0.39, 0.29) is 19.1 Å². The van der Waals surface area contributed by atoms with Crippen LogP contribution >= 0.6 is 0 Å². The third-order valence-corrected chi connectivity index (χ3v) is 3.10. The number of nitrogens with zero attached hydrogens (tertiary/aromatic N) is 1. The van der Waals surface area contributed by atoms with Gasteiger partial charge in [0.15, 0.2) is 13.2 Å². The van der Waals surface area contributed by atoms with Crippen molar-refractivity contribution < 1.29 is 33.4 Å². The molecule has 0 radical (unpaired) electrons. The highest BCUT2D eigenvalue weighted by molar-refractivity contribution is 6.03. The minimum absolute atomic E-state index is 0.0194. The van der Waals surface area contributed by atoms with E-state index in [0.29, 0.717) is 12.3 Å². The number of rotatable bonds is 6. The molecule has 0 aromatic carbocycles. The van der Waals surface area contributed by atoms with E-state index in [2.05, 4.69) is 4.89 Å². The molecule has 1 aliphatic heterocycles. The molecule has 0 bridgehead atoms. The summed E-state index contributed by atoms with van der Waals surface area (Å²) in [6.45, 7) is 7.42. The number of carbonyl (C=O) groups excluding carboxylic acids is 2. The zero-order valence-corrected chi connectivity index (χ0v) is 13.1. The van der Waals surface area contributed by atoms with Crippen LogP contribution in [-0.2, 0) is 24.0 Å². The third kappa shape index (κ3) is 4.86. The number of methoxy groups -OCH3 is 1. The Morgan fingerprint density at radius 3 is 2.62 bits per heavy atom. The maximum atomic E-state index is 11.7. The molecule has 1 heterocycles.